The Morgan fingerprint density at radius 1 is 1.13 bits per heavy atom. The molecule has 0 fully saturated rings. The molecule has 4 nitrogen and oxygen atoms in total. The average Bonchev–Trinajstić information content (AvgIpc) is 2.90. The second-order valence-corrected chi connectivity index (χ2v) is 9.39. The molecular formula is C16H16ClNO3S2. The number of anilines is 1. The van der Waals surface area contributed by atoms with E-state index in [1.165, 1.54) is 0 Å². The Labute approximate surface area is 143 Å². The number of nitrogens with zero attached hydrogens (tertiary/aromatic N) is 1. The zero-order valence-corrected chi connectivity index (χ0v) is 15.0. The topological polar surface area (TPSA) is 57.6 Å². The number of hydrogen-bond acceptors (Lipinski definition) is 3. The maximum atomic E-state index is 12.1. The van der Waals surface area contributed by atoms with E-state index < -0.39 is 21.0 Å². The largest absolute Gasteiger partial charge is 0.377 e. The highest BCUT2D eigenvalue weighted by atomic mass is 35.5. The van der Waals surface area contributed by atoms with Crippen LogP contribution in [0, 0.1) is 0 Å². The number of benzene rings is 2. The van der Waals surface area contributed by atoms with Gasteiger partial charge in [0.05, 0.1) is 4.36 Å². The molecular weight excluding hydrogens is 354 g/mol. The van der Waals surface area contributed by atoms with Gasteiger partial charge in [0.2, 0.25) is 0 Å². The van der Waals surface area contributed by atoms with Crippen molar-refractivity contribution < 1.29 is 13.0 Å². The van der Waals surface area contributed by atoms with Gasteiger partial charge in [0.15, 0.2) is 0 Å². The van der Waals surface area contributed by atoms with Gasteiger partial charge in [-0.2, -0.15) is 19.3 Å². The zero-order valence-electron chi connectivity index (χ0n) is 12.6. The summed E-state index contributed by atoms with van der Waals surface area (Å²) in [6.07, 6.45) is 3.56. The van der Waals surface area contributed by atoms with Gasteiger partial charge in [-0.3, -0.25) is 4.55 Å². The normalized spacial score (nSPS) is 19.1. The third-order valence-electron chi connectivity index (χ3n) is 3.67. The highest BCUT2D eigenvalue weighted by Crippen LogP contribution is 2.53. The van der Waals surface area contributed by atoms with Crippen LogP contribution in [0.25, 0.3) is 10.8 Å². The number of fused-ring (bicyclic) bond motifs is 1. The lowest BCUT2D eigenvalue weighted by molar-refractivity contribution is 0.482. The zero-order chi connectivity index (χ0) is 16.8. The average molecular weight is 370 g/mol. The monoisotopic (exact) mass is 369 g/mol. The van der Waals surface area contributed by atoms with E-state index in [0.717, 1.165) is 11.1 Å². The Bertz CT molecular complexity index is 949. The van der Waals surface area contributed by atoms with Crippen LogP contribution in [0.4, 0.5) is 5.69 Å². The minimum atomic E-state index is -4.39. The second kappa shape index (κ2) is 5.87. The van der Waals surface area contributed by atoms with E-state index in [0.29, 0.717) is 14.6 Å². The van der Waals surface area contributed by atoms with Gasteiger partial charge in [-0.05, 0) is 23.6 Å². The molecule has 1 heterocycles. The Morgan fingerprint density at radius 3 is 2.43 bits per heavy atom. The van der Waals surface area contributed by atoms with Crippen LogP contribution >= 0.6 is 22.5 Å². The SMILES string of the molecule is CN(C)c1cccc2c(S(=O)(=O)O)c([SH]3C=CC=C3Cl)ccc12. The van der Waals surface area contributed by atoms with Crippen LogP contribution in [0.3, 0.4) is 0 Å². The Balaban J connectivity index is 2.40. The quantitative estimate of drug-likeness (QED) is 0.631. The molecule has 1 N–H and O–H groups in total. The molecule has 0 radical (unpaired) electrons. The maximum absolute atomic E-state index is 12.1. The molecule has 1 unspecified atom stereocenters. The molecule has 1 aliphatic rings. The van der Waals surface area contributed by atoms with Crippen LogP contribution in [-0.2, 0) is 10.1 Å². The third-order valence-corrected chi connectivity index (χ3v) is 7.42. The van der Waals surface area contributed by atoms with Crippen molar-refractivity contribution in [2.75, 3.05) is 19.0 Å². The van der Waals surface area contributed by atoms with Gasteiger partial charge >= 0.3 is 0 Å². The van der Waals surface area contributed by atoms with Crippen molar-refractivity contribution >= 4 is 49.1 Å². The van der Waals surface area contributed by atoms with Gasteiger partial charge in [0.1, 0.15) is 4.90 Å². The molecule has 1 atom stereocenters. The molecule has 0 amide bonds. The fourth-order valence-corrected chi connectivity index (χ4v) is 6.26. The van der Waals surface area contributed by atoms with Crippen molar-refractivity contribution in [2.24, 2.45) is 0 Å². The molecule has 2 aromatic carbocycles. The summed E-state index contributed by atoms with van der Waals surface area (Å²) in [5.74, 6) is 0. The molecule has 0 saturated heterocycles. The van der Waals surface area contributed by atoms with E-state index in [-0.39, 0.29) is 4.90 Å². The van der Waals surface area contributed by atoms with Gasteiger partial charge in [0.25, 0.3) is 10.1 Å². The Hall–Kier alpha value is -1.47. The van der Waals surface area contributed by atoms with Crippen LogP contribution in [0.1, 0.15) is 0 Å². The van der Waals surface area contributed by atoms with E-state index in [1.54, 1.807) is 24.3 Å². The highest BCUT2D eigenvalue weighted by Gasteiger charge is 2.25. The first kappa shape index (κ1) is 16.4. The van der Waals surface area contributed by atoms with Gasteiger partial charge in [-0.1, -0.05) is 35.9 Å². The van der Waals surface area contributed by atoms with Crippen LogP contribution in [-0.4, -0.2) is 27.1 Å². The predicted molar refractivity (Wildman–Crippen MR) is 98.4 cm³/mol. The van der Waals surface area contributed by atoms with Crippen LogP contribution < -0.4 is 4.90 Å². The summed E-state index contributed by atoms with van der Waals surface area (Å²) in [4.78, 5) is 2.40. The standard InChI is InChI=1S/C16H16ClNO3S2/c1-18(2)13-6-3-5-12-11(13)8-9-14(16(12)23(19,20)21)22-10-4-7-15(22)17/h3-10,22H,1-2H3,(H,19,20,21). The predicted octanol–water partition coefficient (Wildman–Crippen LogP) is 4.12. The minimum Gasteiger partial charge on any atom is -0.377 e. The van der Waals surface area contributed by atoms with Gasteiger partial charge in [-0.25, -0.2) is 0 Å². The van der Waals surface area contributed by atoms with Gasteiger partial charge in [-0.15, -0.1) is 0 Å². The lowest BCUT2D eigenvalue weighted by atomic mass is 10.1. The van der Waals surface area contributed by atoms with Crippen molar-refractivity contribution in [1.82, 2.24) is 0 Å². The first-order valence-corrected chi connectivity index (χ1v) is 10.1. The van der Waals surface area contributed by atoms with Crippen LogP contribution in [0.2, 0.25) is 0 Å². The summed E-state index contributed by atoms with van der Waals surface area (Å²) in [7, 11) is -1.70. The van der Waals surface area contributed by atoms with Crippen molar-refractivity contribution in [3.63, 3.8) is 0 Å². The molecule has 7 heteroatoms. The lowest BCUT2D eigenvalue weighted by Gasteiger charge is -2.21. The van der Waals surface area contributed by atoms with Crippen LogP contribution in [0.15, 0.2) is 62.0 Å². The first-order chi connectivity index (χ1) is 10.8. The number of hydrogen-bond donors (Lipinski definition) is 2. The third kappa shape index (κ3) is 2.87. The molecule has 3 rings (SSSR count). The number of halogens is 1. The molecule has 0 aliphatic carbocycles. The van der Waals surface area contributed by atoms with E-state index >= 15 is 0 Å². The molecule has 0 spiro atoms. The van der Waals surface area contributed by atoms with E-state index in [9.17, 15) is 13.0 Å². The summed E-state index contributed by atoms with van der Waals surface area (Å²) < 4.78 is 34.6. The van der Waals surface area contributed by atoms with E-state index in [1.807, 2.05) is 42.6 Å². The molecule has 0 aromatic heterocycles. The number of allylic oxidation sites excluding steroid dienone is 2. The summed E-state index contributed by atoms with van der Waals surface area (Å²) in [6.45, 7) is 0. The number of rotatable bonds is 3. The summed E-state index contributed by atoms with van der Waals surface area (Å²) >= 11 is 6.21. The van der Waals surface area contributed by atoms with Crippen LogP contribution in [0.5, 0.6) is 0 Å². The maximum Gasteiger partial charge on any atom is 0.296 e. The number of thiol groups is 1. The molecule has 122 valence electrons. The van der Waals surface area contributed by atoms with Gasteiger partial charge < -0.3 is 4.90 Å². The van der Waals surface area contributed by atoms with Crippen molar-refractivity contribution in [3.8, 4) is 0 Å². The second-order valence-electron chi connectivity index (χ2n) is 5.36. The van der Waals surface area contributed by atoms with E-state index in [4.69, 9.17) is 11.6 Å². The summed E-state index contributed by atoms with van der Waals surface area (Å²) in [5.41, 5.74) is 0.885. The fraction of sp³-hybridized carbons (Fsp3) is 0.125. The minimum absolute atomic E-state index is 0.0529. The molecule has 0 saturated carbocycles. The first-order valence-electron chi connectivity index (χ1n) is 6.84. The molecule has 1 aliphatic heterocycles. The Morgan fingerprint density at radius 2 is 1.87 bits per heavy atom. The summed E-state index contributed by atoms with van der Waals surface area (Å²) in [6, 6.07) is 9.03. The van der Waals surface area contributed by atoms with Crippen molar-refractivity contribution in [3.05, 3.63) is 52.3 Å². The molecule has 0 bridgehead atoms. The fourth-order valence-electron chi connectivity index (χ4n) is 2.71. The smallest absolute Gasteiger partial charge is 0.296 e. The van der Waals surface area contributed by atoms with Crippen molar-refractivity contribution in [1.29, 1.82) is 0 Å². The Kier molecular flexibility index (Phi) is 4.18. The molecule has 23 heavy (non-hydrogen) atoms. The highest BCUT2D eigenvalue weighted by molar-refractivity contribution is 8.24. The van der Waals surface area contributed by atoms with Crippen molar-refractivity contribution in [2.45, 2.75) is 9.79 Å². The van der Waals surface area contributed by atoms with Gasteiger partial charge in [0, 0.05) is 35.5 Å². The lowest BCUT2D eigenvalue weighted by Crippen LogP contribution is -2.10. The summed E-state index contributed by atoms with van der Waals surface area (Å²) in [5, 5.41) is 3.15. The van der Waals surface area contributed by atoms with E-state index in [2.05, 4.69) is 0 Å². The molecule has 2 aromatic rings.